The molecule has 7 heteroatoms. The van der Waals surface area contributed by atoms with E-state index in [1.54, 1.807) is 6.07 Å². The van der Waals surface area contributed by atoms with Crippen LogP contribution in [0.4, 0.5) is 17.6 Å². The van der Waals surface area contributed by atoms with Crippen molar-refractivity contribution in [1.29, 1.82) is 0 Å². The Morgan fingerprint density at radius 3 is 2.24 bits per heavy atom. The van der Waals surface area contributed by atoms with Crippen LogP contribution in [0.5, 0.6) is 0 Å². The molecule has 0 atom stereocenters. The molecule has 0 spiro atoms. The third-order valence-electron chi connectivity index (χ3n) is 4.31. The van der Waals surface area contributed by atoms with Crippen molar-refractivity contribution in [3.8, 4) is 0 Å². The van der Waals surface area contributed by atoms with E-state index in [1.165, 1.54) is 30.5 Å². The van der Waals surface area contributed by atoms with E-state index in [4.69, 9.17) is 0 Å². The number of nitrogens with zero attached hydrogens (tertiary/aromatic N) is 3. The van der Waals surface area contributed by atoms with E-state index in [-0.39, 0.29) is 17.9 Å². The molecule has 0 saturated carbocycles. The monoisotopic (exact) mass is 353 g/mol. The molecule has 0 radical (unpaired) electrons. The van der Waals surface area contributed by atoms with Gasteiger partial charge in [0.15, 0.2) is 0 Å². The second-order valence-electron chi connectivity index (χ2n) is 6.19. The summed E-state index contributed by atoms with van der Waals surface area (Å²) in [6.45, 7) is 3.68. The summed E-state index contributed by atoms with van der Waals surface area (Å²) in [6, 6.07) is 9.49. The number of piperazine rings is 1. The van der Waals surface area contributed by atoms with E-state index >= 15 is 0 Å². The number of alkyl halides is 3. The highest BCUT2D eigenvalue weighted by molar-refractivity contribution is 5.22. The molecule has 0 bridgehead atoms. The van der Waals surface area contributed by atoms with Gasteiger partial charge in [0.1, 0.15) is 11.5 Å². The fourth-order valence-corrected chi connectivity index (χ4v) is 3.06. The van der Waals surface area contributed by atoms with Crippen LogP contribution in [0, 0.1) is 5.82 Å². The third kappa shape index (κ3) is 4.76. The third-order valence-corrected chi connectivity index (χ3v) is 4.31. The van der Waals surface area contributed by atoms with Crippen molar-refractivity contribution >= 4 is 0 Å². The maximum atomic E-state index is 13.2. The Morgan fingerprint density at radius 1 is 0.920 bits per heavy atom. The molecule has 3 nitrogen and oxygen atoms in total. The van der Waals surface area contributed by atoms with Gasteiger partial charge in [-0.2, -0.15) is 13.2 Å². The quantitative estimate of drug-likeness (QED) is 0.784. The Labute approximate surface area is 143 Å². The average molecular weight is 353 g/mol. The van der Waals surface area contributed by atoms with Crippen LogP contribution in [0.2, 0.25) is 0 Å². The molecule has 0 amide bonds. The van der Waals surface area contributed by atoms with Gasteiger partial charge in [0.05, 0.1) is 0 Å². The Bertz CT molecular complexity index is 709. The minimum absolute atomic E-state index is 0.202. The van der Waals surface area contributed by atoms with Crippen molar-refractivity contribution in [2.45, 2.75) is 19.3 Å². The van der Waals surface area contributed by atoms with Crippen LogP contribution in [0.25, 0.3) is 0 Å². The molecule has 0 N–H and O–H groups in total. The SMILES string of the molecule is Fc1cccc(CN2CCN(Cc3cccnc3C(F)(F)F)CC2)c1. The van der Waals surface area contributed by atoms with Crippen molar-refractivity contribution in [3.05, 3.63) is 65.2 Å². The minimum Gasteiger partial charge on any atom is -0.297 e. The number of hydrogen-bond donors (Lipinski definition) is 0. The van der Waals surface area contributed by atoms with Crippen molar-refractivity contribution in [2.75, 3.05) is 26.2 Å². The lowest BCUT2D eigenvalue weighted by molar-refractivity contribution is -0.142. The van der Waals surface area contributed by atoms with Gasteiger partial charge in [-0.05, 0) is 29.3 Å². The van der Waals surface area contributed by atoms with Gasteiger partial charge in [0, 0.05) is 45.5 Å². The van der Waals surface area contributed by atoms with E-state index in [2.05, 4.69) is 9.88 Å². The first-order valence-corrected chi connectivity index (χ1v) is 8.12. The number of halogens is 4. The highest BCUT2D eigenvalue weighted by Crippen LogP contribution is 2.30. The molecule has 1 aromatic carbocycles. The first kappa shape index (κ1) is 17.8. The lowest BCUT2D eigenvalue weighted by atomic mass is 10.1. The summed E-state index contributed by atoms with van der Waals surface area (Å²) < 4.78 is 52.3. The second-order valence-corrected chi connectivity index (χ2v) is 6.19. The number of benzene rings is 1. The predicted octanol–water partition coefficient (Wildman–Crippen LogP) is 3.56. The van der Waals surface area contributed by atoms with Gasteiger partial charge in [-0.1, -0.05) is 18.2 Å². The standard InChI is InChI=1S/C18H19F4N3/c19-16-5-1-3-14(11-16)12-24-7-9-25(10-8-24)13-15-4-2-6-23-17(15)18(20,21)22/h1-6,11H,7-10,12-13H2. The minimum atomic E-state index is -4.43. The molecular formula is C18H19F4N3. The van der Waals surface area contributed by atoms with Crippen LogP contribution in [0.1, 0.15) is 16.8 Å². The highest BCUT2D eigenvalue weighted by atomic mass is 19.4. The molecule has 0 unspecified atom stereocenters. The Balaban J connectivity index is 1.57. The average Bonchev–Trinajstić information content (AvgIpc) is 2.56. The molecule has 2 aromatic rings. The topological polar surface area (TPSA) is 19.4 Å². The van der Waals surface area contributed by atoms with Crippen molar-refractivity contribution in [1.82, 2.24) is 14.8 Å². The van der Waals surface area contributed by atoms with Crippen LogP contribution in [0.3, 0.4) is 0 Å². The molecule has 1 aromatic heterocycles. The summed E-state index contributed by atoms with van der Waals surface area (Å²) >= 11 is 0. The fraction of sp³-hybridized carbons (Fsp3) is 0.389. The van der Waals surface area contributed by atoms with Gasteiger partial charge < -0.3 is 0 Å². The van der Waals surface area contributed by atoms with E-state index in [0.29, 0.717) is 19.6 Å². The Hall–Kier alpha value is -1.99. The first-order chi connectivity index (χ1) is 11.9. The van der Waals surface area contributed by atoms with Gasteiger partial charge in [0.25, 0.3) is 0 Å². The Kier molecular flexibility index (Phi) is 5.34. The highest BCUT2D eigenvalue weighted by Gasteiger charge is 2.35. The summed E-state index contributed by atoms with van der Waals surface area (Å²) in [5.74, 6) is -0.257. The molecule has 1 fully saturated rings. The Morgan fingerprint density at radius 2 is 1.60 bits per heavy atom. The van der Waals surface area contributed by atoms with Crippen LogP contribution < -0.4 is 0 Å². The van der Waals surface area contributed by atoms with E-state index < -0.39 is 11.9 Å². The maximum absolute atomic E-state index is 13.2. The smallest absolute Gasteiger partial charge is 0.297 e. The summed E-state index contributed by atoms with van der Waals surface area (Å²) in [5, 5.41) is 0. The van der Waals surface area contributed by atoms with Gasteiger partial charge in [0.2, 0.25) is 0 Å². The number of rotatable bonds is 4. The van der Waals surface area contributed by atoms with Gasteiger partial charge in [-0.15, -0.1) is 0 Å². The second kappa shape index (κ2) is 7.49. The number of hydrogen-bond acceptors (Lipinski definition) is 3. The van der Waals surface area contributed by atoms with Crippen LogP contribution in [0.15, 0.2) is 42.6 Å². The maximum Gasteiger partial charge on any atom is 0.433 e. The van der Waals surface area contributed by atoms with E-state index in [9.17, 15) is 17.6 Å². The normalized spacial score (nSPS) is 17.0. The molecule has 1 aliphatic rings. The van der Waals surface area contributed by atoms with Gasteiger partial charge >= 0.3 is 6.18 Å². The van der Waals surface area contributed by atoms with Gasteiger partial charge in [-0.3, -0.25) is 14.8 Å². The lowest BCUT2D eigenvalue weighted by Gasteiger charge is -2.35. The largest absolute Gasteiger partial charge is 0.433 e. The molecule has 1 saturated heterocycles. The predicted molar refractivity (Wildman–Crippen MR) is 86.2 cm³/mol. The number of aromatic nitrogens is 1. The fourth-order valence-electron chi connectivity index (χ4n) is 3.06. The number of pyridine rings is 1. The molecule has 2 heterocycles. The van der Waals surface area contributed by atoms with E-state index in [1.807, 2.05) is 11.0 Å². The van der Waals surface area contributed by atoms with Crippen LogP contribution in [-0.2, 0) is 19.3 Å². The summed E-state index contributed by atoms with van der Waals surface area (Å²) in [4.78, 5) is 7.67. The van der Waals surface area contributed by atoms with Gasteiger partial charge in [-0.25, -0.2) is 4.39 Å². The van der Waals surface area contributed by atoms with Crippen molar-refractivity contribution in [2.24, 2.45) is 0 Å². The summed E-state index contributed by atoms with van der Waals surface area (Å²) in [5.41, 5.74) is 0.297. The molecule has 134 valence electrons. The molecule has 0 aliphatic carbocycles. The molecule has 25 heavy (non-hydrogen) atoms. The van der Waals surface area contributed by atoms with Crippen molar-refractivity contribution < 1.29 is 17.6 Å². The summed E-state index contributed by atoms with van der Waals surface area (Å²) in [6.07, 6.45) is -3.26. The van der Waals surface area contributed by atoms with E-state index in [0.717, 1.165) is 18.7 Å². The van der Waals surface area contributed by atoms with Crippen LogP contribution in [-0.4, -0.2) is 41.0 Å². The molecule has 3 rings (SSSR count). The lowest BCUT2D eigenvalue weighted by Crippen LogP contribution is -2.45. The molecule has 1 aliphatic heterocycles. The first-order valence-electron chi connectivity index (χ1n) is 8.12. The molecular weight excluding hydrogens is 334 g/mol. The van der Waals surface area contributed by atoms with Crippen LogP contribution >= 0.6 is 0 Å². The summed E-state index contributed by atoms with van der Waals surface area (Å²) in [7, 11) is 0. The zero-order chi connectivity index (χ0) is 17.9. The zero-order valence-corrected chi connectivity index (χ0v) is 13.6. The van der Waals surface area contributed by atoms with Crippen molar-refractivity contribution in [3.63, 3.8) is 0 Å². The zero-order valence-electron chi connectivity index (χ0n) is 13.6.